The molecular weight excluding hydrogens is 276 g/mol. The van der Waals surface area contributed by atoms with Gasteiger partial charge in [0.05, 0.1) is 12.2 Å². The number of hydrogen-bond donors (Lipinski definition) is 2. The largest absolute Gasteiger partial charge is 0.366 e. The van der Waals surface area contributed by atoms with Crippen LogP contribution >= 0.6 is 0 Å². The summed E-state index contributed by atoms with van der Waals surface area (Å²) in [5.41, 5.74) is 2.11. The Morgan fingerprint density at radius 2 is 1.55 bits per heavy atom. The zero-order valence-electron chi connectivity index (χ0n) is 12.0. The molecular formula is C16H16N6. The van der Waals surface area contributed by atoms with Crippen LogP contribution in [0, 0.1) is 0 Å². The SMILES string of the molecule is c1ccc(CNc2cc(NCc3ccncc3)ncn2)nc1. The van der Waals surface area contributed by atoms with Crippen LogP contribution in [0.5, 0.6) is 0 Å². The maximum Gasteiger partial charge on any atom is 0.131 e. The van der Waals surface area contributed by atoms with Crippen molar-refractivity contribution in [1.29, 1.82) is 0 Å². The molecule has 0 radical (unpaired) electrons. The molecule has 0 aromatic carbocycles. The average molecular weight is 292 g/mol. The molecule has 3 heterocycles. The highest BCUT2D eigenvalue weighted by atomic mass is 15.1. The van der Waals surface area contributed by atoms with Crippen LogP contribution in [0.1, 0.15) is 11.3 Å². The molecule has 6 nitrogen and oxygen atoms in total. The summed E-state index contributed by atoms with van der Waals surface area (Å²) in [6.45, 7) is 1.32. The van der Waals surface area contributed by atoms with Crippen LogP contribution in [0.2, 0.25) is 0 Å². The van der Waals surface area contributed by atoms with Gasteiger partial charge in [0.2, 0.25) is 0 Å². The van der Waals surface area contributed by atoms with Crippen LogP contribution in [-0.2, 0) is 13.1 Å². The molecule has 0 saturated carbocycles. The molecule has 3 aromatic heterocycles. The number of aromatic nitrogens is 4. The molecule has 0 aliphatic carbocycles. The highest BCUT2D eigenvalue weighted by molar-refractivity contribution is 5.46. The first-order chi connectivity index (χ1) is 10.9. The van der Waals surface area contributed by atoms with Gasteiger partial charge in [0, 0.05) is 31.2 Å². The fourth-order valence-electron chi connectivity index (χ4n) is 1.93. The number of hydrogen-bond acceptors (Lipinski definition) is 6. The Balaban J connectivity index is 1.58. The second-order valence-corrected chi connectivity index (χ2v) is 4.67. The summed E-state index contributed by atoms with van der Waals surface area (Å²) in [6, 6.07) is 11.6. The number of nitrogens with zero attached hydrogens (tertiary/aromatic N) is 4. The van der Waals surface area contributed by atoms with E-state index in [9.17, 15) is 0 Å². The van der Waals surface area contributed by atoms with Gasteiger partial charge in [-0.3, -0.25) is 9.97 Å². The number of nitrogens with one attached hydrogen (secondary N) is 2. The van der Waals surface area contributed by atoms with Gasteiger partial charge in [-0.25, -0.2) is 9.97 Å². The summed E-state index contributed by atoms with van der Waals surface area (Å²) >= 11 is 0. The molecule has 0 aliphatic rings. The smallest absolute Gasteiger partial charge is 0.131 e. The maximum atomic E-state index is 4.26. The first-order valence-electron chi connectivity index (χ1n) is 6.99. The summed E-state index contributed by atoms with van der Waals surface area (Å²) in [7, 11) is 0. The first kappa shape index (κ1) is 13.9. The molecule has 0 bridgehead atoms. The summed E-state index contributed by atoms with van der Waals surface area (Å²) in [6.07, 6.45) is 6.86. The molecule has 0 spiro atoms. The number of anilines is 2. The van der Waals surface area contributed by atoms with Gasteiger partial charge in [-0.05, 0) is 29.8 Å². The molecule has 6 heteroatoms. The Labute approximate surface area is 128 Å². The van der Waals surface area contributed by atoms with Gasteiger partial charge in [-0.2, -0.15) is 0 Å². The zero-order chi connectivity index (χ0) is 15.0. The van der Waals surface area contributed by atoms with Crippen LogP contribution in [0.25, 0.3) is 0 Å². The molecule has 0 saturated heterocycles. The third kappa shape index (κ3) is 3.99. The van der Waals surface area contributed by atoms with E-state index in [-0.39, 0.29) is 0 Å². The molecule has 0 amide bonds. The Bertz CT molecular complexity index is 643. The fraction of sp³-hybridized carbons (Fsp3) is 0.125. The van der Waals surface area contributed by atoms with Gasteiger partial charge in [-0.15, -0.1) is 0 Å². The van der Waals surface area contributed by atoms with E-state index in [0.717, 1.165) is 22.9 Å². The monoisotopic (exact) mass is 292 g/mol. The van der Waals surface area contributed by atoms with Crippen LogP contribution in [0.15, 0.2) is 61.3 Å². The van der Waals surface area contributed by atoms with E-state index in [1.807, 2.05) is 36.4 Å². The lowest BCUT2D eigenvalue weighted by Gasteiger charge is -2.08. The van der Waals surface area contributed by atoms with Crippen molar-refractivity contribution < 1.29 is 0 Å². The third-order valence-corrected chi connectivity index (χ3v) is 3.07. The minimum absolute atomic E-state index is 0.627. The normalized spacial score (nSPS) is 10.2. The summed E-state index contributed by atoms with van der Waals surface area (Å²) in [5, 5.41) is 6.50. The highest BCUT2D eigenvalue weighted by Gasteiger charge is 2.00. The molecule has 22 heavy (non-hydrogen) atoms. The number of pyridine rings is 2. The first-order valence-corrected chi connectivity index (χ1v) is 6.99. The standard InChI is InChI=1S/C16H16N6/c1-2-6-18-14(3-1)11-20-16-9-15(21-12-22-16)19-10-13-4-7-17-8-5-13/h1-9,12H,10-11H2,(H2,19,20,21,22). The van der Waals surface area contributed by atoms with Crippen molar-refractivity contribution in [2.24, 2.45) is 0 Å². The van der Waals surface area contributed by atoms with E-state index >= 15 is 0 Å². The van der Waals surface area contributed by atoms with Crippen LogP contribution in [-0.4, -0.2) is 19.9 Å². The molecule has 2 N–H and O–H groups in total. The summed E-state index contributed by atoms with van der Waals surface area (Å²) < 4.78 is 0. The summed E-state index contributed by atoms with van der Waals surface area (Å²) in [5.74, 6) is 1.54. The van der Waals surface area contributed by atoms with Gasteiger partial charge < -0.3 is 10.6 Å². The zero-order valence-corrected chi connectivity index (χ0v) is 12.0. The second-order valence-electron chi connectivity index (χ2n) is 4.67. The lowest BCUT2D eigenvalue weighted by molar-refractivity contribution is 1.01. The van der Waals surface area contributed by atoms with Gasteiger partial charge in [0.1, 0.15) is 18.0 Å². The highest BCUT2D eigenvalue weighted by Crippen LogP contribution is 2.11. The van der Waals surface area contributed by atoms with Crippen LogP contribution in [0.3, 0.4) is 0 Å². The van der Waals surface area contributed by atoms with E-state index < -0.39 is 0 Å². The van der Waals surface area contributed by atoms with E-state index in [0.29, 0.717) is 13.1 Å². The Hall–Kier alpha value is -3.02. The quantitative estimate of drug-likeness (QED) is 0.727. The molecule has 110 valence electrons. The van der Waals surface area contributed by atoms with E-state index in [1.165, 1.54) is 6.33 Å². The van der Waals surface area contributed by atoms with E-state index in [2.05, 4.69) is 30.6 Å². The number of rotatable bonds is 6. The van der Waals surface area contributed by atoms with Crippen molar-refractivity contribution in [3.05, 3.63) is 72.6 Å². The Morgan fingerprint density at radius 1 is 0.773 bits per heavy atom. The molecule has 3 aromatic rings. The minimum Gasteiger partial charge on any atom is -0.366 e. The van der Waals surface area contributed by atoms with Crippen LogP contribution < -0.4 is 10.6 Å². The van der Waals surface area contributed by atoms with Crippen molar-refractivity contribution in [2.45, 2.75) is 13.1 Å². The van der Waals surface area contributed by atoms with Gasteiger partial charge in [-0.1, -0.05) is 6.07 Å². The van der Waals surface area contributed by atoms with Crippen molar-refractivity contribution in [3.63, 3.8) is 0 Å². The van der Waals surface area contributed by atoms with Crippen LogP contribution in [0.4, 0.5) is 11.6 Å². The average Bonchev–Trinajstić information content (AvgIpc) is 2.60. The van der Waals surface area contributed by atoms with E-state index in [4.69, 9.17) is 0 Å². The van der Waals surface area contributed by atoms with E-state index in [1.54, 1.807) is 18.6 Å². The predicted molar refractivity (Wildman–Crippen MR) is 85.2 cm³/mol. The second kappa shape index (κ2) is 7.12. The Morgan fingerprint density at radius 3 is 2.27 bits per heavy atom. The molecule has 0 unspecified atom stereocenters. The van der Waals surface area contributed by atoms with Gasteiger partial charge in [0.15, 0.2) is 0 Å². The summed E-state index contributed by atoms with van der Waals surface area (Å²) in [4.78, 5) is 16.7. The van der Waals surface area contributed by atoms with Crippen molar-refractivity contribution in [1.82, 2.24) is 19.9 Å². The fourth-order valence-corrected chi connectivity index (χ4v) is 1.93. The lowest BCUT2D eigenvalue weighted by Crippen LogP contribution is -2.06. The van der Waals surface area contributed by atoms with Crippen molar-refractivity contribution in [2.75, 3.05) is 10.6 Å². The Kier molecular flexibility index (Phi) is 4.51. The minimum atomic E-state index is 0.627. The topological polar surface area (TPSA) is 75.6 Å². The maximum absolute atomic E-state index is 4.26. The molecule has 0 atom stereocenters. The predicted octanol–water partition coefficient (Wildman–Crippen LogP) is 2.49. The molecule has 0 fully saturated rings. The van der Waals surface area contributed by atoms with Gasteiger partial charge >= 0.3 is 0 Å². The van der Waals surface area contributed by atoms with Crippen molar-refractivity contribution >= 4 is 11.6 Å². The lowest BCUT2D eigenvalue weighted by atomic mass is 10.3. The van der Waals surface area contributed by atoms with Crippen molar-refractivity contribution in [3.8, 4) is 0 Å². The molecule has 0 aliphatic heterocycles. The third-order valence-electron chi connectivity index (χ3n) is 3.07. The molecule has 3 rings (SSSR count). The van der Waals surface area contributed by atoms with Gasteiger partial charge in [0.25, 0.3) is 0 Å².